The summed E-state index contributed by atoms with van der Waals surface area (Å²) in [5, 5.41) is 0. The van der Waals surface area contributed by atoms with Crippen LogP contribution in [0.15, 0.2) is 58.3 Å². The fourth-order valence-electron chi connectivity index (χ4n) is 1.67. The summed E-state index contributed by atoms with van der Waals surface area (Å²) in [7, 11) is 1.83. The third-order valence-corrected chi connectivity index (χ3v) is 5.19. The Labute approximate surface area is 153 Å². The number of rotatable bonds is 9. The summed E-state index contributed by atoms with van der Waals surface area (Å²) in [6, 6.07) is 11.3. The summed E-state index contributed by atoms with van der Waals surface area (Å²) in [6.07, 6.45) is -7.96. The van der Waals surface area contributed by atoms with Crippen molar-refractivity contribution in [1.29, 1.82) is 0 Å². The predicted molar refractivity (Wildman–Crippen MR) is 87.7 cm³/mol. The maximum absolute atomic E-state index is 13.1. The molecule has 0 bridgehead atoms. The summed E-state index contributed by atoms with van der Waals surface area (Å²) >= 11 is 0. The van der Waals surface area contributed by atoms with Crippen molar-refractivity contribution in [2.24, 2.45) is 0 Å². The van der Waals surface area contributed by atoms with E-state index in [2.05, 4.69) is 9.47 Å². The van der Waals surface area contributed by atoms with E-state index in [4.69, 9.17) is 0 Å². The molecular formula is C16H12F6O2S2. The zero-order valence-corrected chi connectivity index (χ0v) is 14.6. The molecule has 0 unspecified atom stereocenters. The van der Waals surface area contributed by atoms with Crippen LogP contribution in [0.5, 0.6) is 11.5 Å². The Morgan fingerprint density at radius 1 is 0.654 bits per heavy atom. The van der Waals surface area contributed by atoms with E-state index in [1.165, 1.54) is 36.4 Å². The number of benzene rings is 2. The van der Waals surface area contributed by atoms with Crippen molar-refractivity contribution < 1.29 is 35.8 Å². The van der Waals surface area contributed by atoms with Gasteiger partial charge in [0.1, 0.15) is 11.5 Å². The standard InChI is InChI=1S/C16H12F6O2S2/c17-9-15(19,20)23-11-5-1-3-7-13(11)25-26-14-8-4-2-6-12(14)24-16(21,22)10-18/h1-8H,9-10H2. The highest BCUT2D eigenvalue weighted by atomic mass is 33.1. The molecule has 0 saturated heterocycles. The summed E-state index contributed by atoms with van der Waals surface area (Å²) in [5.74, 6) is -0.528. The quantitative estimate of drug-likeness (QED) is 0.351. The number of halogens is 6. The first-order valence-corrected chi connectivity index (χ1v) is 9.19. The van der Waals surface area contributed by atoms with Crippen molar-refractivity contribution in [3.05, 3.63) is 48.5 Å². The molecule has 0 N–H and O–H groups in total. The number of hydrogen-bond donors (Lipinski definition) is 0. The van der Waals surface area contributed by atoms with Crippen LogP contribution in [-0.2, 0) is 0 Å². The van der Waals surface area contributed by atoms with Crippen molar-refractivity contribution in [1.82, 2.24) is 0 Å². The van der Waals surface area contributed by atoms with Crippen LogP contribution in [0, 0.1) is 0 Å². The Hall–Kier alpha value is -1.68. The monoisotopic (exact) mass is 414 g/mol. The molecule has 2 rings (SSSR count). The van der Waals surface area contributed by atoms with Crippen LogP contribution < -0.4 is 9.47 Å². The zero-order chi connectivity index (χ0) is 19.2. The van der Waals surface area contributed by atoms with Crippen LogP contribution in [0.25, 0.3) is 0 Å². The Morgan fingerprint density at radius 3 is 1.35 bits per heavy atom. The van der Waals surface area contributed by atoms with Crippen molar-refractivity contribution in [2.75, 3.05) is 13.3 Å². The maximum atomic E-state index is 13.1. The molecule has 2 aromatic carbocycles. The average Bonchev–Trinajstić information content (AvgIpc) is 2.61. The zero-order valence-electron chi connectivity index (χ0n) is 12.9. The minimum Gasteiger partial charge on any atom is -0.429 e. The third-order valence-electron chi connectivity index (χ3n) is 2.75. The Bertz CT molecular complexity index is 668. The molecule has 0 radical (unpaired) electrons. The molecule has 0 heterocycles. The first-order chi connectivity index (χ1) is 12.3. The molecule has 2 aromatic rings. The van der Waals surface area contributed by atoms with E-state index in [9.17, 15) is 26.3 Å². The number of ether oxygens (including phenoxy) is 2. The van der Waals surface area contributed by atoms with Crippen LogP contribution in [0.4, 0.5) is 26.3 Å². The molecule has 0 aliphatic heterocycles. The van der Waals surface area contributed by atoms with Gasteiger partial charge in [0.05, 0.1) is 9.79 Å². The molecule has 142 valence electrons. The molecule has 0 saturated carbocycles. The van der Waals surface area contributed by atoms with Gasteiger partial charge in [-0.3, -0.25) is 0 Å². The summed E-state index contributed by atoms with van der Waals surface area (Å²) in [5.41, 5.74) is 0. The van der Waals surface area contributed by atoms with Gasteiger partial charge < -0.3 is 9.47 Å². The second-order valence-corrected chi connectivity index (χ2v) is 7.02. The molecule has 26 heavy (non-hydrogen) atoms. The van der Waals surface area contributed by atoms with E-state index in [-0.39, 0.29) is 21.3 Å². The Balaban J connectivity index is 2.15. The van der Waals surface area contributed by atoms with Gasteiger partial charge in [-0.1, -0.05) is 24.3 Å². The van der Waals surface area contributed by atoms with Gasteiger partial charge in [-0.2, -0.15) is 17.6 Å². The Morgan fingerprint density at radius 2 is 1.00 bits per heavy atom. The highest BCUT2D eigenvalue weighted by Crippen LogP contribution is 2.46. The summed E-state index contributed by atoms with van der Waals surface area (Å²) in [6.45, 7) is -3.98. The topological polar surface area (TPSA) is 18.5 Å². The predicted octanol–water partition coefficient (Wildman–Crippen LogP) is 6.37. The highest BCUT2D eigenvalue weighted by Gasteiger charge is 2.33. The van der Waals surface area contributed by atoms with Gasteiger partial charge in [0.15, 0.2) is 13.3 Å². The van der Waals surface area contributed by atoms with Crippen LogP contribution in [-0.4, -0.2) is 25.6 Å². The van der Waals surface area contributed by atoms with Gasteiger partial charge in [0, 0.05) is 0 Å². The maximum Gasteiger partial charge on any atom is 0.427 e. The van der Waals surface area contributed by atoms with Gasteiger partial charge >= 0.3 is 12.2 Å². The number of alkyl halides is 6. The van der Waals surface area contributed by atoms with Gasteiger partial charge in [-0.15, -0.1) is 0 Å². The lowest BCUT2D eigenvalue weighted by Gasteiger charge is -2.18. The third kappa shape index (κ3) is 5.94. The molecule has 2 nitrogen and oxygen atoms in total. The average molecular weight is 414 g/mol. The van der Waals surface area contributed by atoms with Gasteiger partial charge in [-0.25, -0.2) is 8.78 Å². The smallest absolute Gasteiger partial charge is 0.427 e. The molecule has 0 spiro atoms. The van der Waals surface area contributed by atoms with E-state index in [0.29, 0.717) is 0 Å². The van der Waals surface area contributed by atoms with Crippen molar-refractivity contribution in [3.63, 3.8) is 0 Å². The van der Waals surface area contributed by atoms with Crippen molar-refractivity contribution >= 4 is 21.6 Å². The first kappa shape index (κ1) is 20.6. The van der Waals surface area contributed by atoms with E-state index in [1.807, 2.05) is 0 Å². The van der Waals surface area contributed by atoms with Crippen molar-refractivity contribution in [2.45, 2.75) is 22.0 Å². The largest absolute Gasteiger partial charge is 0.429 e. The van der Waals surface area contributed by atoms with E-state index >= 15 is 0 Å². The van der Waals surface area contributed by atoms with E-state index in [1.54, 1.807) is 12.1 Å². The molecular weight excluding hydrogens is 402 g/mol. The van der Waals surface area contributed by atoms with Crippen LogP contribution in [0.3, 0.4) is 0 Å². The second-order valence-electron chi connectivity index (χ2n) is 4.81. The molecule has 0 atom stereocenters. The molecule has 0 fully saturated rings. The van der Waals surface area contributed by atoms with Crippen LogP contribution >= 0.6 is 21.6 Å². The van der Waals surface area contributed by atoms with Gasteiger partial charge in [-0.05, 0) is 45.9 Å². The normalized spacial score (nSPS) is 12.1. The fourth-order valence-corrected chi connectivity index (χ4v) is 3.87. The Kier molecular flexibility index (Phi) is 6.99. The first-order valence-electron chi connectivity index (χ1n) is 7.04. The van der Waals surface area contributed by atoms with Crippen molar-refractivity contribution in [3.8, 4) is 11.5 Å². The number of hydrogen-bond acceptors (Lipinski definition) is 4. The lowest BCUT2D eigenvalue weighted by molar-refractivity contribution is -0.188. The molecule has 0 aliphatic carbocycles. The lowest BCUT2D eigenvalue weighted by atomic mass is 10.3. The molecule has 0 aromatic heterocycles. The lowest BCUT2D eigenvalue weighted by Crippen LogP contribution is -2.27. The SMILES string of the molecule is FCC(F)(F)Oc1ccccc1SSc1ccccc1OC(F)(F)CF. The van der Waals surface area contributed by atoms with Crippen LogP contribution in [0.1, 0.15) is 0 Å². The second kappa shape index (κ2) is 8.81. The molecule has 0 amide bonds. The fraction of sp³-hybridized carbons (Fsp3) is 0.250. The number of para-hydroxylation sites is 2. The molecule has 0 aliphatic rings. The van der Waals surface area contributed by atoms with E-state index < -0.39 is 25.6 Å². The minimum atomic E-state index is -3.98. The summed E-state index contributed by atoms with van der Waals surface area (Å²) in [4.78, 5) is 0.440. The minimum absolute atomic E-state index is 0.220. The van der Waals surface area contributed by atoms with Gasteiger partial charge in [0.25, 0.3) is 0 Å². The van der Waals surface area contributed by atoms with Crippen LogP contribution in [0.2, 0.25) is 0 Å². The van der Waals surface area contributed by atoms with E-state index in [0.717, 1.165) is 21.6 Å². The van der Waals surface area contributed by atoms with Gasteiger partial charge in [0.2, 0.25) is 0 Å². The molecule has 10 heteroatoms. The highest BCUT2D eigenvalue weighted by molar-refractivity contribution is 8.76. The summed E-state index contributed by atoms with van der Waals surface area (Å²) < 4.78 is 85.7.